The van der Waals surface area contributed by atoms with Gasteiger partial charge < -0.3 is 0 Å². The summed E-state index contributed by atoms with van der Waals surface area (Å²) in [5, 5.41) is 0. The molecule has 0 aliphatic carbocycles. The van der Waals surface area contributed by atoms with Crippen LogP contribution in [-0.2, 0) is 0 Å². The molecule has 0 spiro atoms. The summed E-state index contributed by atoms with van der Waals surface area (Å²) in [7, 11) is 0. The minimum Gasteiger partial charge on any atom is -0.0622 e. The molecule has 0 aliphatic heterocycles. The molecule has 0 nitrogen and oxygen atoms in total. The molecule has 0 aromatic heterocycles. The van der Waals surface area contributed by atoms with Gasteiger partial charge in [-0.15, -0.1) is 0 Å². The van der Waals surface area contributed by atoms with Crippen molar-refractivity contribution in [2.75, 3.05) is 0 Å². The molecule has 0 bridgehead atoms. The van der Waals surface area contributed by atoms with E-state index in [0.29, 0.717) is 16.7 Å². The van der Waals surface area contributed by atoms with Crippen LogP contribution in [-0.4, -0.2) is 0 Å². The number of hydrogen-bond donors (Lipinski definition) is 0. The third kappa shape index (κ3) is 1.84. The molecular formula is C12H25. The van der Waals surface area contributed by atoms with Crippen LogP contribution in [0.5, 0.6) is 0 Å². The van der Waals surface area contributed by atoms with Crippen molar-refractivity contribution in [1.29, 1.82) is 0 Å². The van der Waals surface area contributed by atoms with Crippen LogP contribution in [0.15, 0.2) is 0 Å². The Hall–Kier alpha value is 0. The molecule has 1 atom stereocenters. The Bertz CT molecular complexity index is 127. The van der Waals surface area contributed by atoms with Crippen LogP contribution in [0.1, 0.15) is 55.4 Å². The first kappa shape index (κ1) is 12.0. The normalized spacial score (nSPS) is 14.5. The standard InChI is InChI=1S/C12H25/c1-9(2)12(8,10(3)4)11(5,6)7/h9H,1-8H3. The van der Waals surface area contributed by atoms with Gasteiger partial charge in [-0.3, -0.25) is 0 Å². The van der Waals surface area contributed by atoms with Gasteiger partial charge in [0, 0.05) is 0 Å². The molecule has 0 N–H and O–H groups in total. The van der Waals surface area contributed by atoms with Gasteiger partial charge in [-0.05, 0) is 22.7 Å². The van der Waals surface area contributed by atoms with E-state index in [-0.39, 0.29) is 0 Å². The quantitative estimate of drug-likeness (QED) is 0.578. The van der Waals surface area contributed by atoms with E-state index in [0.717, 1.165) is 0 Å². The molecule has 0 aromatic rings. The van der Waals surface area contributed by atoms with E-state index in [1.165, 1.54) is 0 Å². The number of rotatable bonds is 2. The highest BCUT2D eigenvalue weighted by atomic mass is 14.5. The van der Waals surface area contributed by atoms with E-state index in [1.807, 2.05) is 0 Å². The Morgan fingerprint density at radius 2 is 1.25 bits per heavy atom. The highest BCUT2D eigenvalue weighted by Gasteiger charge is 2.42. The van der Waals surface area contributed by atoms with Crippen LogP contribution < -0.4 is 0 Å². The maximum absolute atomic E-state index is 2.38. The van der Waals surface area contributed by atoms with E-state index < -0.39 is 0 Å². The van der Waals surface area contributed by atoms with Gasteiger partial charge in [0.1, 0.15) is 0 Å². The van der Waals surface area contributed by atoms with Crippen molar-refractivity contribution in [3.05, 3.63) is 5.92 Å². The molecular weight excluding hydrogens is 144 g/mol. The molecule has 0 aliphatic rings. The molecule has 0 heterocycles. The lowest BCUT2D eigenvalue weighted by Gasteiger charge is -2.48. The second-order valence-corrected chi connectivity index (χ2v) is 5.61. The zero-order valence-electron chi connectivity index (χ0n) is 10.1. The first-order valence-corrected chi connectivity index (χ1v) is 4.94. The molecule has 0 amide bonds. The van der Waals surface area contributed by atoms with Crippen LogP contribution in [0.3, 0.4) is 0 Å². The summed E-state index contributed by atoms with van der Waals surface area (Å²) in [5.74, 6) is 2.26. The van der Waals surface area contributed by atoms with E-state index in [2.05, 4.69) is 55.4 Å². The fraction of sp³-hybridized carbons (Fsp3) is 0.917. The van der Waals surface area contributed by atoms with Crippen LogP contribution in [0.4, 0.5) is 0 Å². The minimum absolute atomic E-state index is 0.354. The molecule has 0 heteroatoms. The molecule has 0 aromatic carbocycles. The van der Waals surface area contributed by atoms with Crippen molar-refractivity contribution < 1.29 is 0 Å². The van der Waals surface area contributed by atoms with Crippen LogP contribution in [0.2, 0.25) is 0 Å². The van der Waals surface area contributed by atoms with Gasteiger partial charge in [-0.25, -0.2) is 0 Å². The summed E-state index contributed by atoms with van der Waals surface area (Å²) < 4.78 is 0. The summed E-state index contributed by atoms with van der Waals surface area (Å²) in [4.78, 5) is 0. The van der Waals surface area contributed by atoms with Gasteiger partial charge in [0.05, 0.1) is 0 Å². The van der Waals surface area contributed by atoms with Crippen LogP contribution in [0.25, 0.3) is 0 Å². The van der Waals surface area contributed by atoms with Crippen LogP contribution in [0, 0.1) is 22.7 Å². The van der Waals surface area contributed by atoms with Crippen molar-refractivity contribution in [2.24, 2.45) is 16.7 Å². The molecule has 0 fully saturated rings. The summed E-state index contributed by atoms with van der Waals surface area (Å²) >= 11 is 0. The lowest BCUT2D eigenvalue weighted by atomic mass is 9.56. The fourth-order valence-corrected chi connectivity index (χ4v) is 2.19. The zero-order chi connectivity index (χ0) is 10.2. The lowest BCUT2D eigenvalue weighted by Crippen LogP contribution is -2.41. The lowest BCUT2D eigenvalue weighted by molar-refractivity contribution is 0.0692. The maximum atomic E-state index is 2.38. The summed E-state index contributed by atoms with van der Waals surface area (Å²) in [6.45, 7) is 18.5. The Labute approximate surface area is 78.8 Å². The fourth-order valence-electron chi connectivity index (χ4n) is 2.19. The predicted octanol–water partition coefficient (Wildman–Crippen LogP) is 4.31. The summed E-state index contributed by atoms with van der Waals surface area (Å²) in [5.41, 5.74) is 0.715. The SMILES string of the molecule is C[C](C)C(C)(C(C)C)C(C)(C)C. The van der Waals surface area contributed by atoms with Crippen molar-refractivity contribution in [2.45, 2.75) is 55.4 Å². The number of hydrogen-bond acceptors (Lipinski definition) is 0. The first-order chi connectivity index (χ1) is 5.14. The molecule has 1 radical (unpaired) electrons. The molecule has 1 unspecified atom stereocenters. The monoisotopic (exact) mass is 169 g/mol. The van der Waals surface area contributed by atoms with Crippen LogP contribution >= 0.6 is 0 Å². The zero-order valence-corrected chi connectivity index (χ0v) is 10.1. The summed E-state index contributed by atoms with van der Waals surface area (Å²) in [6, 6.07) is 0. The van der Waals surface area contributed by atoms with E-state index in [1.54, 1.807) is 5.92 Å². The second kappa shape index (κ2) is 3.40. The van der Waals surface area contributed by atoms with E-state index in [4.69, 9.17) is 0 Å². The van der Waals surface area contributed by atoms with Gasteiger partial charge in [0.25, 0.3) is 0 Å². The summed E-state index contributed by atoms with van der Waals surface area (Å²) in [6.07, 6.45) is 0. The average Bonchev–Trinajstić information content (AvgIpc) is 1.82. The minimum atomic E-state index is 0.354. The largest absolute Gasteiger partial charge is 0.0622 e. The maximum Gasteiger partial charge on any atom is -0.0198 e. The smallest absolute Gasteiger partial charge is 0.0198 e. The second-order valence-electron chi connectivity index (χ2n) is 5.61. The van der Waals surface area contributed by atoms with Crippen molar-refractivity contribution in [3.8, 4) is 0 Å². The molecule has 73 valence electrons. The molecule has 12 heavy (non-hydrogen) atoms. The highest BCUT2D eigenvalue weighted by molar-refractivity contribution is 5.05. The Morgan fingerprint density at radius 1 is 0.917 bits per heavy atom. The predicted molar refractivity (Wildman–Crippen MR) is 57.0 cm³/mol. The van der Waals surface area contributed by atoms with Gasteiger partial charge >= 0.3 is 0 Å². The van der Waals surface area contributed by atoms with Crippen molar-refractivity contribution >= 4 is 0 Å². The first-order valence-electron chi connectivity index (χ1n) is 4.94. The topological polar surface area (TPSA) is 0 Å². The molecule has 0 saturated carbocycles. The Balaban J connectivity index is 4.89. The van der Waals surface area contributed by atoms with E-state index in [9.17, 15) is 0 Å². The third-order valence-corrected chi connectivity index (χ3v) is 3.75. The molecule has 0 rings (SSSR count). The van der Waals surface area contributed by atoms with Gasteiger partial charge in [-0.1, -0.05) is 55.4 Å². The highest BCUT2D eigenvalue weighted by Crippen LogP contribution is 2.50. The van der Waals surface area contributed by atoms with Gasteiger partial charge in [0.15, 0.2) is 0 Å². The Morgan fingerprint density at radius 3 is 1.25 bits per heavy atom. The third-order valence-electron chi connectivity index (χ3n) is 3.75. The van der Waals surface area contributed by atoms with Gasteiger partial charge in [0.2, 0.25) is 0 Å². The van der Waals surface area contributed by atoms with Crippen molar-refractivity contribution in [1.82, 2.24) is 0 Å². The van der Waals surface area contributed by atoms with Gasteiger partial charge in [-0.2, -0.15) is 0 Å². The Kier molecular flexibility index (Phi) is 3.40. The van der Waals surface area contributed by atoms with E-state index >= 15 is 0 Å². The van der Waals surface area contributed by atoms with Crippen molar-refractivity contribution in [3.63, 3.8) is 0 Å². The average molecular weight is 169 g/mol. The molecule has 0 saturated heterocycles.